The zero-order chi connectivity index (χ0) is 15.4. The van der Waals surface area contributed by atoms with Crippen molar-refractivity contribution in [1.29, 1.82) is 0 Å². The van der Waals surface area contributed by atoms with Crippen molar-refractivity contribution in [3.8, 4) is 0 Å². The molecule has 4 heteroatoms. The van der Waals surface area contributed by atoms with Gasteiger partial charge in [-0.3, -0.25) is 4.79 Å². The second-order valence-corrected chi connectivity index (χ2v) is 6.02. The van der Waals surface area contributed by atoms with Gasteiger partial charge in [0.1, 0.15) is 0 Å². The van der Waals surface area contributed by atoms with Crippen LogP contribution >= 0.6 is 0 Å². The summed E-state index contributed by atoms with van der Waals surface area (Å²) >= 11 is 0. The van der Waals surface area contributed by atoms with Crippen LogP contribution < -0.4 is 0 Å². The molecule has 1 heterocycles. The predicted molar refractivity (Wildman–Crippen MR) is 83.3 cm³/mol. The first-order valence-electron chi connectivity index (χ1n) is 7.94. The van der Waals surface area contributed by atoms with Crippen LogP contribution in [0.3, 0.4) is 0 Å². The molecule has 1 saturated carbocycles. The summed E-state index contributed by atoms with van der Waals surface area (Å²) in [5, 5.41) is 9.05. The minimum atomic E-state index is -0.937. The fourth-order valence-electron chi connectivity index (χ4n) is 3.05. The molecule has 22 heavy (non-hydrogen) atoms. The van der Waals surface area contributed by atoms with Gasteiger partial charge in [0.2, 0.25) is 0 Å². The van der Waals surface area contributed by atoms with Gasteiger partial charge in [-0.1, -0.05) is 36.4 Å². The highest BCUT2D eigenvalue weighted by Gasteiger charge is 2.38. The highest BCUT2D eigenvalue weighted by atomic mass is 16.7. The first-order valence-corrected chi connectivity index (χ1v) is 7.94. The number of hydrogen-bond donors (Lipinski definition) is 1. The van der Waals surface area contributed by atoms with E-state index in [2.05, 4.69) is 30.3 Å². The van der Waals surface area contributed by atoms with Crippen LogP contribution in [0.2, 0.25) is 0 Å². The number of carboxylic acids is 1. The zero-order valence-electron chi connectivity index (χ0n) is 12.7. The van der Waals surface area contributed by atoms with Crippen molar-refractivity contribution in [2.75, 3.05) is 13.2 Å². The monoisotopic (exact) mass is 302 g/mol. The average Bonchev–Trinajstić information content (AvgIpc) is 3.25. The molecule has 0 atom stereocenters. The Bertz CT molecular complexity index is 539. The van der Waals surface area contributed by atoms with Crippen LogP contribution in [0, 0.1) is 5.92 Å². The Kier molecular flexibility index (Phi) is 4.60. The van der Waals surface area contributed by atoms with Crippen molar-refractivity contribution < 1.29 is 19.4 Å². The lowest BCUT2D eigenvalue weighted by atomic mass is 9.98. The topological polar surface area (TPSA) is 55.8 Å². The third kappa shape index (κ3) is 3.76. The van der Waals surface area contributed by atoms with Gasteiger partial charge < -0.3 is 14.6 Å². The summed E-state index contributed by atoms with van der Waals surface area (Å²) in [6.45, 7) is 0.955. The van der Waals surface area contributed by atoms with Crippen LogP contribution in [0.5, 0.6) is 0 Å². The molecular weight excluding hydrogens is 280 g/mol. The van der Waals surface area contributed by atoms with Gasteiger partial charge in [0, 0.05) is 6.42 Å². The van der Waals surface area contributed by atoms with Crippen molar-refractivity contribution in [2.45, 2.75) is 37.9 Å². The lowest BCUT2D eigenvalue weighted by molar-refractivity contribution is -0.181. The molecule has 1 aromatic carbocycles. The van der Waals surface area contributed by atoms with Crippen LogP contribution in [0.1, 0.15) is 37.7 Å². The van der Waals surface area contributed by atoms with E-state index in [-0.39, 0.29) is 6.42 Å². The Balaban J connectivity index is 1.67. The second-order valence-electron chi connectivity index (χ2n) is 6.02. The average molecular weight is 302 g/mol. The Morgan fingerprint density at radius 2 is 1.91 bits per heavy atom. The molecule has 0 unspecified atom stereocenters. The molecule has 1 aromatic rings. The number of ether oxygens (including phenoxy) is 2. The molecule has 0 radical (unpaired) electrons. The smallest absolute Gasteiger partial charge is 0.308 e. The largest absolute Gasteiger partial charge is 0.481 e. The lowest BCUT2D eigenvalue weighted by Gasteiger charge is -2.25. The summed E-state index contributed by atoms with van der Waals surface area (Å²) in [6.07, 6.45) is 5.99. The number of aliphatic carboxylic acids is 1. The summed E-state index contributed by atoms with van der Waals surface area (Å²) in [6, 6.07) is 10.4. The van der Waals surface area contributed by atoms with E-state index in [4.69, 9.17) is 14.6 Å². The first kappa shape index (κ1) is 15.3. The van der Waals surface area contributed by atoms with Gasteiger partial charge in [0.25, 0.3) is 0 Å². The van der Waals surface area contributed by atoms with E-state index in [1.165, 1.54) is 24.0 Å². The molecule has 0 bridgehead atoms. The van der Waals surface area contributed by atoms with E-state index in [1.54, 1.807) is 0 Å². The molecule has 2 aliphatic rings. The van der Waals surface area contributed by atoms with E-state index in [9.17, 15) is 4.79 Å². The van der Waals surface area contributed by atoms with Crippen molar-refractivity contribution >= 4 is 11.5 Å². The Hall–Kier alpha value is -1.65. The minimum absolute atomic E-state index is 0.0923. The van der Waals surface area contributed by atoms with Gasteiger partial charge in [-0.15, -0.1) is 0 Å². The molecule has 0 amide bonds. The Morgan fingerprint density at radius 1 is 1.23 bits per heavy atom. The highest BCUT2D eigenvalue weighted by Crippen LogP contribution is 2.42. The quantitative estimate of drug-likeness (QED) is 0.838. The first-order chi connectivity index (χ1) is 10.7. The van der Waals surface area contributed by atoms with Gasteiger partial charge >= 0.3 is 5.97 Å². The summed E-state index contributed by atoms with van der Waals surface area (Å²) < 4.78 is 11.2. The second kappa shape index (κ2) is 6.63. The van der Waals surface area contributed by atoms with Crippen LogP contribution in [0.4, 0.5) is 0 Å². The fraction of sp³-hybridized carbons (Fsp3) is 0.500. The number of allylic oxidation sites excluding steroid dienone is 2. The van der Waals surface area contributed by atoms with Crippen LogP contribution in [-0.4, -0.2) is 30.1 Å². The Morgan fingerprint density at radius 3 is 2.50 bits per heavy atom. The normalized spacial score (nSPS) is 21.0. The summed E-state index contributed by atoms with van der Waals surface area (Å²) in [5.74, 6) is -1.16. The van der Waals surface area contributed by atoms with Crippen molar-refractivity contribution in [3.63, 3.8) is 0 Å². The van der Waals surface area contributed by atoms with Crippen molar-refractivity contribution in [1.82, 2.24) is 0 Å². The highest BCUT2D eigenvalue weighted by molar-refractivity contribution is 5.69. The summed E-state index contributed by atoms with van der Waals surface area (Å²) in [4.78, 5) is 11.0. The third-order valence-electron chi connectivity index (χ3n) is 4.25. The molecule has 0 aromatic heterocycles. The third-order valence-corrected chi connectivity index (χ3v) is 4.25. The van der Waals surface area contributed by atoms with Gasteiger partial charge in [-0.25, -0.2) is 0 Å². The molecule has 0 spiro atoms. The number of benzene rings is 1. The maximum Gasteiger partial charge on any atom is 0.308 e. The molecule has 1 aliphatic heterocycles. The SMILES string of the molecule is O=C(O)CC1(CC/C=C(\c2ccccc2)C2CC2)OCCO1. The number of hydrogen-bond acceptors (Lipinski definition) is 3. The molecule has 4 nitrogen and oxygen atoms in total. The maximum atomic E-state index is 11.0. The maximum absolute atomic E-state index is 11.0. The lowest BCUT2D eigenvalue weighted by Crippen LogP contribution is -2.33. The number of carbonyl (C=O) groups is 1. The number of carboxylic acid groups (broad SMARTS) is 1. The standard InChI is InChI=1S/C18H22O4/c19-17(20)13-18(21-11-12-22-18)10-4-7-16(15-8-9-15)14-5-2-1-3-6-14/h1-3,5-7,15H,4,8-13H2,(H,19,20)/b16-7+. The molecule has 1 N–H and O–H groups in total. The van der Waals surface area contributed by atoms with E-state index in [0.29, 0.717) is 25.6 Å². The van der Waals surface area contributed by atoms with Gasteiger partial charge in [0.05, 0.1) is 19.6 Å². The molecule has 1 aliphatic carbocycles. The van der Waals surface area contributed by atoms with E-state index >= 15 is 0 Å². The molecule has 3 rings (SSSR count). The summed E-state index contributed by atoms with van der Waals surface area (Å²) in [7, 11) is 0. The van der Waals surface area contributed by atoms with Crippen LogP contribution in [0.15, 0.2) is 36.4 Å². The van der Waals surface area contributed by atoms with Gasteiger partial charge in [0.15, 0.2) is 5.79 Å². The molecule has 1 saturated heterocycles. The van der Waals surface area contributed by atoms with E-state index < -0.39 is 11.8 Å². The van der Waals surface area contributed by atoms with Crippen LogP contribution in [-0.2, 0) is 14.3 Å². The van der Waals surface area contributed by atoms with Crippen molar-refractivity contribution in [2.24, 2.45) is 5.92 Å². The fourth-order valence-corrected chi connectivity index (χ4v) is 3.05. The van der Waals surface area contributed by atoms with Crippen LogP contribution in [0.25, 0.3) is 5.57 Å². The van der Waals surface area contributed by atoms with Crippen molar-refractivity contribution in [3.05, 3.63) is 42.0 Å². The van der Waals surface area contributed by atoms with E-state index in [1.807, 2.05) is 6.07 Å². The Labute approximate surface area is 130 Å². The molecule has 118 valence electrons. The summed E-state index contributed by atoms with van der Waals surface area (Å²) in [5.41, 5.74) is 2.65. The van der Waals surface area contributed by atoms with E-state index in [0.717, 1.165) is 6.42 Å². The molecular formula is C18H22O4. The molecule has 2 fully saturated rings. The predicted octanol–water partition coefficient (Wildman–Crippen LogP) is 3.48. The van der Waals surface area contributed by atoms with Gasteiger partial charge in [-0.05, 0) is 36.3 Å². The number of rotatable bonds is 7. The minimum Gasteiger partial charge on any atom is -0.481 e. The van der Waals surface area contributed by atoms with Gasteiger partial charge in [-0.2, -0.15) is 0 Å². The zero-order valence-corrected chi connectivity index (χ0v) is 12.7.